The van der Waals surface area contributed by atoms with Crippen molar-refractivity contribution in [3.8, 4) is 0 Å². The first-order chi connectivity index (χ1) is 8.67. The van der Waals surface area contributed by atoms with Gasteiger partial charge in [-0.25, -0.2) is 0 Å². The van der Waals surface area contributed by atoms with E-state index in [9.17, 15) is 4.79 Å². The van der Waals surface area contributed by atoms with Gasteiger partial charge in [0.1, 0.15) is 0 Å². The van der Waals surface area contributed by atoms with Gasteiger partial charge in [-0.3, -0.25) is 4.79 Å². The minimum absolute atomic E-state index is 0.141. The van der Waals surface area contributed by atoms with Gasteiger partial charge < -0.3 is 15.4 Å². The molecule has 3 unspecified atom stereocenters. The van der Waals surface area contributed by atoms with Crippen LogP contribution >= 0.6 is 0 Å². The Morgan fingerprint density at radius 3 is 3.00 bits per heavy atom. The molecule has 3 atom stereocenters. The lowest BCUT2D eigenvalue weighted by atomic mass is 9.88. The molecule has 106 valence electrons. The van der Waals surface area contributed by atoms with E-state index < -0.39 is 0 Å². The zero-order valence-corrected chi connectivity index (χ0v) is 12.0. The second-order valence-electron chi connectivity index (χ2n) is 5.44. The topological polar surface area (TPSA) is 50.4 Å². The molecule has 0 aromatic rings. The van der Waals surface area contributed by atoms with Crippen molar-refractivity contribution >= 4 is 5.91 Å². The fourth-order valence-electron chi connectivity index (χ4n) is 2.70. The second-order valence-corrected chi connectivity index (χ2v) is 5.44. The van der Waals surface area contributed by atoms with Crippen molar-refractivity contribution < 1.29 is 9.53 Å². The van der Waals surface area contributed by atoms with Crippen LogP contribution in [-0.4, -0.2) is 38.8 Å². The first kappa shape index (κ1) is 15.4. The number of carbonyl (C=O) groups excluding carboxylic acids is 1. The third kappa shape index (κ3) is 5.36. The van der Waals surface area contributed by atoms with Crippen molar-refractivity contribution in [1.82, 2.24) is 10.6 Å². The quantitative estimate of drug-likeness (QED) is 0.726. The molecular formula is C14H28N2O2. The van der Waals surface area contributed by atoms with E-state index in [2.05, 4.69) is 17.6 Å². The highest BCUT2D eigenvalue weighted by atomic mass is 16.5. The first-order valence-corrected chi connectivity index (χ1v) is 7.16. The molecule has 0 saturated carbocycles. The number of rotatable bonds is 7. The molecule has 1 amide bonds. The van der Waals surface area contributed by atoms with Gasteiger partial charge in [-0.2, -0.15) is 0 Å². The number of carbonyl (C=O) groups is 1. The van der Waals surface area contributed by atoms with Crippen LogP contribution in [0.3, 0.4) is 0 Å². The summed E-state index contributed by atoms with van der Waals surface area (Å²) in [5.41, 5.74) is 0. The van der Waals surface area contributed by atoms with Crippen LogP contribution in [0.4, 0.5) is 0 Å². The molecule has 0 spiro atoms. The molecule has 1 saturated heterocycles. The number of methoxy groups -OCH3 is 1. The lowest BCUT2D eigenvalue weighted by Gasteiger charge is -2.32. The Bertz CT molecular complexity index is 246. The highest BCUT2D eigenvalue weighted by molar-refractivity contribution is 5.76. The summed E-state index contributed by atoms with van der Waals surface area (Å²) in [6.07, 6.45) is 4.28. The predicted octanol–water partition coefficient (Wildman–Crippen LogP) is 1.55. The minimum Gasteiger partial charge on any atom is -0.384 e. The van der Waals surface area contributed by atoms with Crippen LogP contribution in [-0.2, 0) is 9.53 Å². The van der Waals surface area contributed by atoms with Crippen LogP contribution in [0.2, 0.25) is 0 Å². The molecule has 4 nitrogen and oxygen atoms in total. The summed E-state index contributed by atoms with van der Waals surface area (Å²) in [5, 5.41) is 6.56. The van der Waals surface area contributed by atoms with Crippen LogP contribution in [0.25, 0.3) is 0 Å². The van der Waals surface area contributed by atoms with Crippen molar-refractivity contribution in [2.75, 3.05) is 26.8 Å². The maximum Gasteiger partial charge on any atom is 0.220 e. The molecule has 0 radical (unpaired) electrons. The van der Waals surface area contributed by atoms with Crippen molar-refractivity contribution in [1.29, 1.82) is 0 Å². The number of nitrogens with one attached hydrogen (secondary N) is 2. The number of hydrogen-bond acceptors (Lipinski definition) is 3. The third-order valence-corrected chi connectivity index (χ3v) is 3.76. The van der Waals surface area contributed by atoms with Crippen molar-refractivity contribution in [3.63, 3.8) is 0 Å². The summed E-state index contributed by atoms with van der Waals surface area (Å²) in [4.78, 5) is 11.8. The Kier molecular flexibility index (Phi) is 7.28. The van der Waals surface area contributed by atoms with Crippen molar-refractivity contribution in [2.24, 2.45) is 11.8 Å². The zero-order chi connectivity index (χ0) is 13.4. The predicted molar refractivity (Wildman–Crippen MR) is 73.5 cm³/mol. The van der Waals surface area contributed by atoms with Crippen molar-refractivity contribution in [2.45, 2.75) is 45.6 Å². The maximum absolute atomic E-state index is 11.8. The fourth-order valence-corrected chi connectivity index (χ4v) is 2.70. The third-order valence-electron chi connectivity index (χ3n) is 3.76. The number of hydrogen-bond donors (Lipinski definition) is 2. The number of piperidine rings is 1. The van der Waals surface area contributed by atoms with Gasteiger partial charge in [-0.1, -0.05) is 20.3 Å². The fraction of sp³-hybridized carbons (Fsp3) is 0.929. The van der Waals surface area contributed by atoms with Gasteiger partial charge in [0.25, 0.3) is 0 Å². The van der Waals surface area contributed by atoms with Gasteiger partial charge in [0.15, 0.2) is 0 Å². The van der Waals surface area contributed by atoms with E-state index in [-0.39, 0.29) is 11.8 Å². The number of amides is 1. The Hall–Kier alpha value is -0.610. The molecule has 18 heavy (non-hydrogen) atoms. The Morgan fingerprint density at radius 1 is 1.56 bits per heavy atom. The minimum atomic E-state index is 0.141. The average Bonchev–Trinajstić information content (AvgIpc) is 2.37. The highest BCUT2D eigenvalue weighted by Gasteiger charge is 2.23. The Balaban J connectivity index is 2.24. The van der Waals surface area contributed by atoms with Crippen LogP contribution < -0.4 is 10.6 Å². The summed E-state index contributed by atoms with van der Waals surface area (Å²) >= 11 is 0. The normalized spacial score (nSPS) is 25.7. The molecule has 4 heteroatoms. The molecule has 0 aromatic heterocycles. The zero-order valence-electron chi connectivity index (χ0n) is 12.0. The summed E-state index contributed by atoms with van der Waals surface area (Å²) in [7, 11) is 1.67. The Morgan fingerprint density at radius 2 is 2.33 bits per heavy atom. The molecular weight excluding hydrogens is 228 g/mol. The van der Waals surface area contributed by atoms with E-state index in [1.165, 1.54) is 19.3 Å². The molecule has 0 aromatic carbocycles. The maximum atomic E-state index is 11.8. The van der Waals surface area contributed by atoms with E-state index in [1.807, 2.05) is 6.92 Å². The highest BCUT2D eigenvalue weighted by Crippen LogP contribution is 2.19. The number of ether oxygens (including phenoxy) is 1. The molecule has 0 aliphatic carbocycles. The standard InChI is InChI=1S/C14H28N2O2/c1-4-12-6-5-7-15-13(12)9-16-14(17)8-11(2)10-18-3/h11-13,15H,4-10H2,1-3H3,(H,16,17). The molecule has 1 rings (SSSR count). The average molecular weight is 256 g/mol. The van der Waals surface area contributed by atoms with Crippen LogP contribution in [0.15, 0.2) is 0 Å². The molecule has 1 heterocycles. The van der Waals surface area contributed by atoms with Crippen LogP contribution in [0.1, 0.15) is 39.5 Å². The van der Waals surface area contributed by atoms with Crippen LogP contribution in [0.5, 0.6) is 0 Å². The van der Waals surface area contributed by atoms with Gasteiger partial charge in [-0.15, -0.1) is 0 Å². The lowest BCUT2D eigenvalue weighted by Crippen LogP contribution is -2.48. The second kappa shape index (κ2) is 8.48. The van der Waals surface area contributed by atoms with Crippen molar-refractivity contribution in [3.05, 3.63) is 0 Å². The van der Waals surface area contributed by atoms with Gasteiger partial charge in [0.05, 0.1) is 0 Å². The molecule has 2 N–H and O–H groups in total. The molecule has 1 aliphatic rings. The summed E-state index contributed by atoms with van der Waals surface area (Å²) in [5.74, 6) is 1.13. The molecule has 1 fully saturated rings. The van der Waals surface area contributed by atoms with Gasteiger partial charge in [-0.05, 0) is 31.2 Å². The Labute approximate surface area is 111 Å². The summed E-state index contributed by atoms with van der Waals surface area (Å²) < 4.78 is 5.04. The van der Waals surface area contributed by atoms with Gasteiger partial charge in [0.2, 0.25) is 5.91 Å². The molecule has 1 aliphatic heterocycles. The summed E-state index contributed by atoms with van der Waals surface area (Å²) in [6, 6.07) is 0.449. The van der Waals surface area contributed by atoms with Crippen LogP contribution in [0, 0.1) is 11.8 Å². The molecule has 0 bridgehead atoms. The smallest absolute Gasteiger partial charge is 0.220 e. The summed E-state index contributed by atoms with van der Waals surface area (Å²) in [6.45, 7) is 6.75. The van der Waals surface area contributed by atoms with Gasteiger partial charge >= 0.3 is 0 Å². The lowest BCUT2D eigenvalue weighted by molar-refractivity contribution is -0.122. The largest absolute Gasteiger partial charge is 0.384 e. The SMILES string of the molecule is CCC1CCCNC1CNC(=O)CC(C)COC. The van der Waals surface area contributed by atoms with Gasteiger partial charge in [0, 0.05) is 32.7 Å². The van der Waals surface area contributed by atoms with E-state index in [4.69, 9.17) is 4.74 Å². The first-order valence-electron chi connectivity index (χ1n) is 7.16. The van der Waals surface area contributed by atoms with E-state index >= 15 is 0 Å². The monoisotopic (exact) mass is 256 g/mol. The van der Waals surface area contributed by atoms with E-state index in [0.29, 0.717) is 25.0 Å². The van der Waals surface area contributed by atoms with E-state index in [1.54, 1.807) is 7.11 Å². The van der Waals surface area contributed by atoms with E-state index in [0.717, 1.165) is 13.1 Å².